The number of hydrogen-bond donors (Lipinski definition) is 0. The minimum atomic E-state index is -2.22. The Kier molecular flexibility index (Phi) is 6.17. The van der Waals surface area contributed by atoms with Crippen LogP contribution in [-0.4, -0.2) is 15.0 Å². The van der Waals surface area contributed by atoms with E-state index in [1.807, 2.05) is 60.7 Å². The van der Waals surface area contributed by atoms with E-state index in [0.29, 0.717) is 11.3 Å². The van der Waals surface area contributed by atoms with Crippen molar-refractivity contribution in [2.45, 2.75) is 6.85 Å². The van der Waals surface area contributed by atoms with Crippen molar-refractivity contribution in [2.75, 3.05) is 0 Å². The number of aryl methyl sites for hydroxylation is 1. The summed E-state index contributed by atoms with van der Waals surface area (Å²) in [5, 5.41) is 2.22. The molecule has 0 aliphatic rings. The first-order valence-electron chi connectivity index (χ1n) is 11.5. The molecule has 0 amide bonds. The van der Waals surface area contributed by atoms with E-state index < -0.39 is 6.85 Å². The van der Waals surface area contributed by atoms with Crippen molar-refractivity contribution in [3.63, 3.8) is 0 Å². The summed E-state index contributed by atoms with van der Waals surface area (Å²) in [7, 11) is 0. The molecule has 0 saturated carbocycles. The molecule has 0 atom stereocenters. The van der Waals surface area contributed by atoms with Gasteiger partial charge in [-0.2, -0.15) is 0 Å². The summed E-state index contributed by atoms with van der Waals surface area (Å²) >= 11 is 1.68. The van der Waals surface area contributed by atoms with E-state index in [1.165, 1.54) is 17.0 Å². The van der Waals surface area contributed by atoms with Crippen molar-refractivity contribution in [1.29, 1.82) is 0 Å². The van der Waals surface area contributed by atoms with Gasteiger partial charge < -0.3 is 15.0 Å². The molecule has 0 aliphatic heterocycles. The molecule has 0 spiro atoms. The minimum absolute atomic E-state index is 0. The van der Waals surface area contributed by atoms with Crippen LogP contribution in [-0.2, 0) is 20.1 Å². The fourth-order valence-electron chi connectivity index (χ4n) is 3.40. The minimum Gasteiger partial charge on any atom is -0.360 e. The van der Waals surface area contributed by atoms with Crippen LogP contribution in [0.25, 0.3) is 42.7 Å². The fraction of sp³-hybridized carbons (Fsp3) is 0.0357. The molecule has 5 heteroatoms. The SMILES string of the molecule is [2H]C([2H])([2H])c1ccn[c-]c1-c1cc2c(cn1)sc1ccccc12.[Ir].[c-]1ccccc1-c1ccccn1. The first-order chi connectivity index (χ1) is 17.0. The topological polar surface area (TPSA) is 38.7 Å². The average molecular weight is 625 g/mol. The molecule has 4 heterocycles. The van der Waals surface area contributed by atoms with E-state index in [1.54, 1.807) is 23.7 Å². The maximum absolute atomic E-state index is 7.69. The Morgan fingerprint density at radius 2 is 1.70 bits per heavy atom. The molecule has 2 aromatic carbocycles. The van der Waals surface area contributed by atoms with Gasteiger partial charge >= 0.3 is 0 Å². The Morgan fingerprint density at radius 1 is 0.818 bits per heavy atom. The second-order valence-electron chi connectivity index (χ2n) is 7.00. The third kappa shape index (κ3) is 5.07. The molecule has 163 valence electrons. The van der Waals surface area contributed by atoms with Crippen molar-refractivity contribution in [2.24, 2.45) is 0 Å². The largest absolute Gasteiger partial charge is 0.360 e. The molecule has 0 N–H and O–H groups in total. The van der Waals surface area contributed by atoms with Gasteiger partial charge in [0, 0.05) is 41.3 Å². The summed E-state index contributed by atoms with van der Waals surface area (Å²) in [5.41, 5.74) is 3.25. The molecule has 6 rings (SSSR count). The zero-order chi connectivity index (χ0) is 24.3. The predicted octanol–water partition coefficient (Wildman–Crippen LogP) is 7.17. The van der Waals surface area contributed by atoms with Crippen LogP contribution in [0, 0.1) is 19.1 Å². The Bertz CT molecular complexity index is 1550. The van der Waals surface area contributed by atoms with E-state index >= 15 is 0 Å². The third-order valence-corrected chi connectivity index (χ3v) is 6.05. The Morgan fingerprint density at radius 3 is 2.52 bits per heavy atom. The summed E-state index contributed by atoms with van der Waals surface area (Å²) in [6, 6.07) is 28.4. The number of benzene rings is 2. The van der Waals surface area contributed by atoms with Crippen molar-refractivity contribution < 1.29 is 24.2 Å². The zero-order valence-electron chi connectivity index (χ0n) is 20.3. The summed E-state index contributed by atoms with van der Waals surface area (Å²) in [6.45, 7) is -2.22. The van der Waals surface area contributed by atoms with Crippen LogP contribution in [0.3, 0.4) is 0 Å². The van der Waals surface area contributed by atoms with Gasteiger partial charge in [0.25, 0.3) is 0 Å². The van der Waals surface area contributed by atoms with E-state index in [-0.39, 0.29) is 25.7 Å². The van der Waals surface area contributed by atoms with E-state index in [0.717, 1.165) is 26.7 Å². The average Bonchev–Trinajstić information content (AvgIpc) is 3.28. The second kappa shape index (κ2) is 10.6. The normalized spacial score (nSPS) is 12.1. The van der Waals surface area contributed by atoms with Crippen molar-refractivity contribution in [1.82, 2.24) is 15.0 Å². The first-order valence-corrected chi connectivity index (χ1v) is 10.9. The summed E-state index contributed by atoms with van der Waals surface area (Å²) in [5.74, 6) is 0. The monoisotopic (exact) mass is 625 g/mol. The van der Waals surface area contributed by atoms with Gasteiger partial charge in [0.1, 0.15) is 0 Å². The predicted molar refractivity (Wildman–Crippen MR) is 132 cm³/mol. The first kappa shape index (κ1) is 19.2. The number of fused-ring (bicyclic) bond motifs is 3. The van der Waals surface area contributed by atoms with Gasteiger partial charge in [-0.15, -0.1) is 64.4 Å². The van der Waals surface area contributed by atoms with Crippen LogP contribution in [0.4, 0.5) is 0 Å². The van der Waals surface area contributed by atoms with Gasteiger partial charge in [-0.1, -0.05) is 49.4 Å². The molecule has 1 radical (unpaired) electrons. The van der Waals surface area contributed by atoms with Crippen molar-refractivity contribution in [3.8, 4) is 22.5 Å². The number of aromatic nitrogens is 3. The van der Waals surface area contributed by atoms with Gasteiger partial charge in [0.15, 0.2) is 0 Å². The van der Waals surface area contributed by atoms with Crippen LogP contribution in [0.2, 0.25) is 0 Å². The zero-order valence-corrected chi connectivity index (χ0v) is 20.5. The van der Waals surface area contributed by atoms with Crippen LogP contribution >= 0.6 is 11.3 Å². The Hall–Kier alpha value is -3.24. The van der Waals surface area contributed by atoms with Crippen LogP contribution in [0.5, 0.6) is 0 Å². The van der Waals surface area contributed by atoms with Crippen LogP contribution in [0.15, 0.2) is 97.5 Å². The quantitative estimate of drug-likeness (QED) is 0.192. The number of pyridine rings is 3. The molecular weight excluding hydrogens is 603 g/mol. The summed E-state index contributed by atoms with van der Waals surface area (Å²) in [6.07, 6.45) is 7.82. The number of thiophene rings is 1. The van der Waals surface area contributed by atoms with Gasteiger partial charge in [-0.05, 0) is 40.5 Å². The third-order valence-electron chi connectivity index (χ3n) is 4.93. The molecule has 0 bridgehead atoms. The van der Waals surface area contributed by atoms with Gasteiger partial charge in [0.2, 0.25) is 0 Å². The molecule has 33 heavy (non-hydrogen) atoms. The molecule has 0 saturated heterocycles. The van der Waals surface area contributed by atoms with Crippen molar-refractivity contribution >= 4 is 31.5 Å². The molecule has 0 fully saturated rings. The number of rotatable bonds is 2. The maximum Gasteiger partial charge on any atom is 0.0521 e. The molecule has 6 aromatic rings. The fourth-order valence-corrected chi connectivity index (χ4v) is 4.45. The molecule has 3 nitrogen and oxygen atoms in total. The Balaban J connectivity index is 0.000000198. The van der Waals surface area contributed by atoms with E-state index in [9.17, 15) is 0 Å². The molecule has 0 aliphatic carbocycles. The van der Waals surface area contributed by atoms with Gasteiger partial charge in [-0.25, -0.2) is 0 Å². The molecular formula is C28H19IrN3S-2. The standard InChI is InChI=1S/C17H11N2S.C11H8N.Ir/c1-11-6-7-18-9-14(11)15-8-13-12-4-2-3-5-16(12)20-17(13)10-19-15;1-2-6-10(7-3-1)11-8-4-5-9-12-11;/h2-8,10H,1H3;1-6,8-9H;/q2*-1;/i1D3;;. The number of hydrogen-bond acceptors (Lipinski definition) is 4. The van der Waals surface area contributed by atoms with Crippen LogP contribution < -0.4 is 0 Å². The summed E-state index contributed by atoms with van der Waals surface area (Å²) in [4.78, 5) is 12.6. The Labute approximate surface area is 214 Å². The molecule has 4 aromatic heterocycles. The van der Waals surface area contributed by atoms with Crippen LogP contribution in [0.1, 0.15) is 9.68 Å². The van der Waals surface area contributed by atoms with Crippen molar-refractivity contribution in [3.05, 3.63) is 115 Å². The summed E-state index contributed by atoms with van der Waals surface area (Å²) < 4.78 is 25.3. The van der Waals surface area contributed by atoms with E-state index in [2.05, 4.69) is 39.3 Å². The second-order valence-corrected chi connectivity index (χ2v) is 8.08. The molecule has 0 unspecified atom stereocenters. The smallest absolute Gasteiger partial charge is 0.0521 e. The number of nitrogens with zero attached hydrogens (tertiary/aromatic N) is 3. The van der Waals surface area contributed by atoms with Gasteiger partial charge in [-0.3, -0.25) is 0 Å². The maximum atomic E-state index is 7.69. The van der Waals surface area contributed by atoms with E-state index in [4.69, 9.17) is 4.11 Å². The van der Waals surface area contributed by atoms with Gasteiger partial charge in [0.05, 0.1) is 4.70 Å².